The van der Waals surface area contributed by atoms with E-state index in [0.29, 0.717) is 25.4 Å². The number of nitrogens with zero attached hydrogens (tertiary/aromatic N) is 2. The number of hydrogen-bond donors (Lipinski definition) is 0. The second-order valence-corrected chi connectivity index (χ2v) is 7.09. The lowest BCUT2D eigenvalue weighted by Gasteiger charge is -2.28. The molecule has 1 aromatic carbocycles. The first-order valence-electron chi connectivity index (χ1n) is 6.81. The van der Waals surface area contributed by atoms with Crippen molar-refractivity contribution in [2.75, 3.05) is 13.7 Å². The molecule has 0 atom stereocenters. The molecule has 1 aromatic heterocycles. The van der Waals surface area contributed by atoms with Gasteiger partial charge in [0, 0.05) is 25.0 Å². The van der Waals surface area contributed by atoms with Crippen LogP contribution in [0.25, 0.3) is 0 Å². The van der Waals surface area contributed by atoms with Gasteiger partial charge in [0.2, 0.25) is 10.0 Å². The van der Waals surface area contributed by atoms with Crippen LogP contribution in [0.2, 0.25) is 0 Å². The number of benzene rings is 1. The van der Waals surface area contributed by atoms with Gasteiger partial charge in [-0.05, 0) is 36.8 Å². The summed E-state index contributed by atoms with van der Waals surface area (Å²) in [5.41, 5.74) is 1.91. The SMILES string of the molecule is COc1ccc(C)cc1S(=O)(=O)N1CCn2cccc2C1. The number of hydrogen-bond acceptors (Lipinski definition) is 3. The van der Waals surface area contributed by atoms with Gasteiger partial charge >= 0.3 is 0 Å². The summed E-state index contributed by atoms with van der Waals surface area (Å²) < 4.78 is 34.6. The van der Waals surface area contributed by atoms with Crippen molar-refractivity contribution in [1.29, 1.82) is 0 Å². The molecule has 0 N–H and O–H groups in total. The Labute approximate surface area is 124 Å². The number of sulfonamides is 1. The Kier molecular flexibility index (Phi) is 3.51. The van der Waals surface area contributed by atoms with E-state index in [0.717, 1.165) is 11.3 Å². The smallest absolute Gasteiger partial charge is 0.247 e. The summed E-state index contributed by atoms with van der Waals surface area (Å²) in [7, 11) is -2.06. The van der Waals surface area contributed by atoms with Gasteiger partial charge in [0.25, 0.3) is 0 Å². The van der Waals surface area contributed by atoms with E-state index in [4.69, 9.17) is 4.74 Å². The van der Waals surface area contributed by atoms with Gasteiger partial charge in [0.1, 0.15) is 10.6 Å². The van der Waals surface area contributed by atoms with E-state index in [1.807, 2.05) is 31.3 Å². The van der Waals surface area contributed by atoms with E-state index in [1.165, 1.54) is 11.4 Å². The lowest BCUT2D eigenvalue weighted by atomic mass is 10.2. The molecule has 0 radical (unpaired) electrons. The van der Waals surface area contributed by atoms with Gasteiger partial charge in [-0.25, -0.2) is 8.42 Å². The summed E-state index contributed by atoms with van der Waals surface area (Å²) >= 11 is 0. The fraction of sp³-hybridized carbons (Fsp3) is 0.333. The van der Waals surface area contributed by atoms with Crippen LogP contribution in [0.3, 0.4) is 0 Å². The van der Waals surface area contributed by atoms with Gasteiger partial charge < -0.3 is 9.30 Å². The highest BCUT2D eigenvalue weighted by Gasteiger charge is 2.30. The lowest BCUT2D eigenvalue weighted by Crippen LogP contribution is -2.38. The molecule has 1 aliphatic heterocycles. The average molecular weight is 306 g/mol. The van der Waals surface area contributed by atoms with Gasteiger partial charge in [-0.3, -0.25) is 0 Å². The molecular formula is C15H18N2O3S. The molecule has 6 heteroatoms. The van der Waals surface area contributed by atoms with E-state index >= 15 is 0 Å². The molecule has 0 saturated carbocycles. The second-order valence-electron chi connectivity index (χ2n) is 5.19. The van der Waals surface area contributed by atoms with Crippen LogP contribution in [0.4, 0.5) is 0 Å². The molecular weight excluding hydrogens is 288 g/mol. The Morgan fingerprint density at radius 1 is 1.19 bits per heavy atom. The van der Waals surface area contributed by atoms with E-state index in [1.54, 1.807) is 12.1 Å². The third-order valence-corrected chi connectivity index (χ3v) is 5.66. The van der Waals surface area contributed by atoms with Crippen LogP contribution in [0.15, 0.2) is 41.4 Å². The molecule has 0 unspecified atom stereocenters. The molecule has 0 bridgehead atoms. The van der Waals surface area contributed by atoms with Crippen LogP contribution < -0.4 is 4.74 Å². The first-order chi connectivity index (χ1) is 10.0. The first kappa shape index (κ1) is 14.2. The first-order valence-corrected chi connectivity index (χ1v) is 8.25. The largest absolute Gasteiger partial charge is 0.495 e. The van der Waals surface area contributed by atoms with Crippen LogP contribution >= 0.6 is 0 Å². The highest BCUT2D eigenvalue weighted by Crippen LogP contribution is 2.29. The fourth-order valence-electron chi connectivity index (χ4n) is 2.62. The lowest BCUT2D eigenvalue weighted by molar-refractivity contribution is 0.338. The molecule has 0 amide bonds. The van der Waals surface area contributed by atoms with Gasteiger partial charge in [-0.1, -0.05) is 6.07 Å². The Bertz CT molecular complexity index is 765. The zero-order chi connectivity index (χ0) is 15.0. The molecule has 5 nitrogen and oxygen atoms in total. The maximum atomic E-state index is 12.9. The number of aryl methyl sites for hydroxylation is 1. The maximum absolute atomic E-state index is 12.9. The molecule has 0 fully saturated rings. The third-order valence-electron chi connectivity index (χ3n) is 3.79. The normalized spacial score (nSPS) is 15.7. The van der Waals surface area contributed by atoms with E-state index in [9.17, 15) is 8.42 Å². The minimum absolute atomic E-state index is 0.241. The molecule has 0 saturated heterocycles. The van der Waals surface area contributed by atoms with Crippen LogP contribution in [0.1, 0.15) is 11.3 Å². The van der Waals surface area contributed by atoms with Crippen molar-refractivity contribution in [2.45, 2.75) is 24.9 Å². The standard InChI is InChI=1S/C15H18N2O3S/c1-12-5-6-14(20-2)15(10-12)21(18,19)17-9-8-16-7-3-4-13(16)11-17/h3-7,10H,8-9,11H2,1-2H3. The molecule has 2 heterocycles. The molecule has 2 aromatic rings. The molecule has 0 aliphatic carbocycles. The monoisotopic (exact) mass is 306 g/mol. The summed E-state index contributed by atoms with van der Waals surface area (Å²) in [6.45, 7) is 3.42. The topological polar surface area (TPSA) is 51.5 Å². The fourth-order valence-corrected chi connectivity index (χ4v) is 4.26. The predicted octanol–water partition coefficient (Wildman–Crippen LogP) is 2.01. The van der Waals surface area contributed by atoms with Gasteiger partial charge in [-0.2, -0.15) is 4.31 Å². The number of rotatable bonds is 3. The summed E-state index contributed by atoms with van der Waals surface area (Å²) in [5.74, 6) is 0.390. The maximum Gasteiger partial charge on any atom is 0.247 e. The van der Waals surface area contributed by atoms with Gasteiger partial charge in [0.05, 0.1) is 13.7 Å². The molecule has 21 heavy (non-hydrogen) atoms. The van der Waals surface area contributed by atoms with Crippen molar-refractivity contribution < 1.29 is 13.2 Å². The zero-order valence-corrected chi connectivity index (χ0v) is 12.9. The Hall–Kier alpha value is -1.79. The predicted molar refractivity (Wildman–Crippen MR) is 79.8 cm³/mol. The highest BCUT2D eigenvalue weighted by atomic mass is 32.2. The minimum atomic E-state index is -3.55. The van der Waals surface area contributed by atoms with Crippen LogP contribution in [-0.2, 0) is 23.1 Å². The Morgan fingerprint density at radius 3 is 2.76 bits per heavy atom. The van der Waals surface area contributed by atoms with Crippen molar-refractivity contribution in [2.24, 2.45) is 0 Å². The van der Waals surface area contributed by atoms with Crippen LogP contribution in [0.5, 0.6) is 5.75 Å². The van der Waals surface area contributed by atoms with Crippen molar-refractivity contribution in [3.05, 3.63) is 47.8 Å². The molecule has 3 rings (SSSR count). The number of methoxy groups -OCH3 is 1. The Morgan fingerprint density at radius 2 is 2.00 bits per heavy atom. The van der Waals surface area contributed by atoms with Crippen molar-refractivity contribution >= 4 is 10.0 Å². The van der Waals surface area contributed by atoms with Crippen LogP contribution in [0, 0.1) is 6.92 Å². The van der Waals surface area contributed by atoms with E-state index < -0.39 is 10.0 Å². The summed E-state index contributed by atoms with van der Waals surface area (Å²) in [5, 5.41) is 0. The zero-order valence-electron chi connectivity index (χ0n) is 12.1. The minimum Gasteiger partial charge on any atom is -0.495 e. The van der Waals surface area contributed by atoms with E-state index in [-0.39, 0.29) is 4.90 Å². The van der Waals surface area contributed by atoms with Gasteiger partial charge in [-0.15, -0.1) is 0 Å². The van der Waals surface area contributed by atoms with Crippen molar-refractivity contribution in [3.63, 3.8) is 0 Å². The Balaban J connectivity index is 2.00. The average Bonchev–Trinajstić information content (AvgIpc) is 2.94. The van der Waals surface area contributed by atoms with Crippen LogP contribution in [-0.4, -0.2) is 30.9 Å². The number of aromatic nitrogens is 1. The van der Waals surface area contributed by atoms with Crippen molar-refractivity contribution in [1.82, 2.24) is 8.87 Å². The number of ether oxygens (including phenoxy) is 1. The summed E-state index contributed by atoms with van der Waals surface area (Å²) in [6.07, 6.45) is 1.98. The molecule has 1 aliphatic rings. The van der Waals surface area contributed by atoms with Crippen molar-refractivity contribution in [3.8, 4) is 5.75 Å². The summed E-state index contributed by atoms with van der Waals surface area (Å²) in [6, 6.07) is 9.11. The number of fused-ring (bicyclic) bond motifs is 1. The third kappa shape index (κ3) is 2.45. The molecule has 112 valence electrons. The van der Waals surface area contributed by atoms with E-state index in [2.05, 4.69) is 4.57 Å². The van der Waals surface area contributed by atoms with Gasteiger partial charge in [0.15, 0.2) is 0 Å². The summed E-state index contributed by atoms with van der Waals surface area (Å²) in [4.78, 5) is 0.241. The second kappa shape index (κ2) is 5.20. The molecule has 0 spiro atoms. The highest BCUT2D eigenvalue weighted by molar-refractivity contribution is 7.89. The quantitative estimate of drug-likeness (QED) is 0.871.